The van der Waals surface area contributed by atoms with Crippen molar-refractivity contribution in [2.24, 2.45) is 0 Å². The Morgan fingerprint density at radius 1 is 1.12 bits per heavy atom. The standard InChI is InChI=1S/C21H22ClN3/c1-2-3-4-5-6-7-8-9-17-15-24-25(16-17)21-12-13-23-20-14-18(22)10-11-19(20)21/h10-16H,2-7H2,1H3. The zero-order valence-corrected chi connectivity index (χ0v) is 15.3. The van der Waals surface area contributed by atoms with Crippen LogP contribution in [0.2, 0.25) is 5.02 Å². The highest BCUT2D eigenvalue weighted by Crippen LogP contribution is 2.23. The van der Waals surface area contributed by atoms with Gasteiger partial charge in [-0.05, 0) is 30.7 Å². The van der Waals surface area contributed by atoms with Crippen LogP contribution in [0.15, 0.2) is 42.9 Å². The van der Waals surface area contributed by atoms with Gasteiger partial charge in [0.25, 0.3) is 0 Å². The quantitative estimate of drug-likeness (QED) is 0.416. The molecule has 0 saturated heterocycles. The molecule has 0 saturated carbocycles. The van der Waals surface area contributed by atoms with Gasteiger partial charge in [0.1, 0.15) is 0 Å². The fourth-order valence-corrected chi connectivity index (χ4v) is 2.97. The van der Waals surface area contributed by atoms with Crippen LogP contribution < -0.4 is 0 Å². The van der Waals surface area contributed by atoms with Crippen LogP contribution in [0, 0.1) is 11.8 Å². The number of fused-ring (bicyclic) bond motifs is 1. The SMILES string of the molecule is CCCCCCCC#Cc1cnn(-c2ccnc3cc(Cl)ccc23)c1. The highest BCUT2D eigenvalue weighted by atomic mass is 35.5. The smallest absolute Gasteiger partial charge is 0.0755 e. The average Bonchev–Trinajstić information content (AvgIpc) is 3.09. The molecule has 0 unspecified atom stereocenters. The molecule has 25 heavy (non-hydrogen) atoms. The van der Waals surface area contributed by atoms with E-state index in [0.717, 1.165) is 28.6 Å². The fourth-order valence-electron chi connectivity index (χ4n) is 2.81. The van der Waals surface area contributed by atoms with E-state index in [2.05, 4.69) is 28.8 Å². The minimum Gasteiger partial charge on any atom is -0.256 e. The second-order valence-electron chi connectivity index (χ2n) is 6.13. The van der Waals surface area contributed by atoms with Crippen LogP contribution in [-0.2, 0) is 0 Å². The summed E-state index contributed by atoms with van der Waals surface area (Å²) in [5.74, 6) is 6.47. The Hall–Kier alpha value is -2.31. The van der Waals surface area contributed by atoms with Gasteiger partial charge in [-0.25, -0.2) is 4.68 Å². The van der Waals surface area contributed by atoms with Gasteiger partial charge in [0.2, 0.25) is 0 Å². The predicted molar refractivity (Wildman–Crippen MR) is 104 cm³/mol. The first-order chi connectivity index (χ1) is 12.3. The molecule has 2 heterocycles. The molecule has 1 aromatic carbocycles. The number of benzene rings is 1. The second-order valence-corrected chi connectivity index (χ2v) is 6.57. The van der Waals surface area contributed by atoms with Crippen molar-refractivity contribution >= 4 is 22.5 Å². The van der Waals surface area contributed by atoms with E-state index >= 15 is 0 Å². The lowest BCUT2D eigenvalue weighted by Crippen LogP contribution is -1.96. The molecular formula is C21H22ClN3. The lowest BCUT2D eigenvalue weighted by atomic mass is 10.1. The number of halogens is 1. The number of unbranched alkanes of at least 4 members (excludes halogenated alkanes) is 5. The number of aromatic nitrogens is 3. The van der Waals surface area contributed by atoms with Gasteiger partial charge < -0.3 is 0 Å². The molecule has 128 valence electrons. The van der Waals surface area contributed by atoms with Crippen molar-refractivity contribution in [3.8, 4) is 17.5 Å². The maximum Gasteiger partial charge on any atom is 0.0755 e. The highest BCUT2D eigenvalue weighted by Gasteiger charge is 2.06. The van der Waals surface area contributed by atoms with Crippen molar-refractivity contribution in [1.29, 1.82) is 0 Å². The van der Waals surface area contributed by atoms with Crippen LogP contribution in [0.4, 0.5) is 0 Å². The van der Waals surface area contributed by atoms with Crippen LogP contribution >= 0.6 is 11.6 Å². The molecule has 3 aromatic rings. The zero-order chi connectivity index (χ0) is 17.5. The first-order valence-corrected chi connectivity index (χ1v) is 9.24. The number of hydrogen-bond donors (Lipinski definition) is 0. The monoisotopic (exact) mass is 351 g/mol. The van der Waals surface area contributed by atoms with E-state index in [1.165, 1.54) is 32.1 Å². The molecule has 2 aromatic heterocycles. The van der Waals surface area contributed by atoms with Crippen LogP contribution in [0.3, 0.4) is 0 Å². The van der Waals surface area contributed by atoms with Crippen LogP contribution in [0.1, 0.15) is 51.0 Å². The largest absolute Gasteiger partial charge is 0.256 e. The van der Waals surface area contributed by atoms with E-state index in [4.69, 9.17) is 11.6 Å². The third kappa shape index (κ3) is 4.61. The average molecular weight is 352 g/mol. The highest BCUT2D eigenvalue weighted by molar-refractivity contribution is 6.31. The summed E-state index contributed by atoms with van der Waals surface area (Å²) in [6.07, 6.45) is 12.9. The second kappa shape index (κ2) is 8.69. The molecule has 0 aliphatic carbocycles. The lowest BCUT2D eigenvalue weighted by Gasteiger charge is -2.05. The van der Waals surface area contributed by atoms with Gasteiger partial charge in [0.15, 0.2) is 0 Å². The molecule has 3 nitrogen and oxygen atoms in total. The van der Waals surface area contributed by atoms with Gasteiger partial charge in [-0.15, -0.1) is 0 Å². The van der Waals surface area contributed by atoms with Crippen molar-refractivity contribution in [3.63, 3.8) is 0 Å². The maximum absolute atomic E-state index is 6.05. The number of nitrogens with zero attached hydrogens (tertiary/aromatic N) is 3. The lowest BCUT2D eigenvalue weighted by molar-refractivity contribution is 0.641. The number of rotatable bonds is 6. The molecule has 3 rings (SSSR count). The third-order valence-corrected chi connectivity index (χ3v) is 4.38. The summed E-state index contributed by atoms with van der Waals surface area (Å²) in [6, 6.07) is 7.67. The Morgan fingerprint density at radius 3 is 2.88 bits per heavy atom. The molecular weight excluding hydrogens is 330 g/mol. The van der Waals surface area contributed by atoms with Gasteiger partial charge in [-0.1, -0.05) is 56.0 Å². The van der Waals surface area contributed by atoms with Crippen LogP contribution in [0.5, 0.6) is 0 Å². The molecule has 0 aliphatic heterocycles. The van der Waals surface area contributed by atoms with E-state index in [1.807, 2.05) is 41.3 Å². The van der Waals surface area contributed by atoms with Gasteiger partial charge in [-0.2, -0.15) is 5.10 Å². The van der Waals surface area contributed by atoms with Crippen LogP contribution in [-0.4, -0.2) is 14.8 Å². The Labute approximate surface area is 154 Å². The molecule has 0 radical (unpaired) electrons. The van der Waals surface area contributed by atoms with Crippen molar-refractivity contribution in [3.05, 3.63) is 53.4 Å². The molecule has 0 amide bonds. The van der Waals surface area contributed by atoms with Crippen molar-refractivity contribution in [2.45, 2.75) is 45.4 Å². The Morgan fingerprint density at radius 2 is 2.00 bits per heavy atom. The first kappa shape index (κ1) is 17.5. The number of hydrogen-bond acceptors (Lipinski definition) is 2. The number of pyridine rings is 1. The minimum atomic E-state index is 0.683. The van der Waals surface area contributed by atoms with Crippen molar-refractivity contribution in [2.75, 3.05) is 0 Å². The molecule has 0 aliphatic rings. The minimum absolute atomic E-state index is 0.683. The summed E-state index contributed by atoms with van der Waals surface area (Å²) >= 11 is 6.05. The van der Waals surface area contributed by atoms with Gasteiger partial charge >= 0.3 is 0 Å². The Bertz CT molecular complexity index is 902. The molecule has 0 fully saturated rings. The van der Waals surface area contributed by atoms with Gasteiger partial charge in [0.05, 0.1) is 23.0 Å². The Kier molecular flexibility index (Phi) is 6.09. The summed E-state index contributed by atoms with van der Waals surface area (Å²) in [6.45, 7) is 2.23. The third-order valence-electron chi connectivity index (χ3n) is 4.15. The van der Waals surface area contributed by atoms with E-state index < -0.39 is 0 Å². The topological polar surface area (TPSA) is 30.7 Å². The maximum atomic E-state index is 6.05. The summed E-state index contributed by atoms with van der Waals surface area (Å²) in [5.41, 5.74) is 2.78. The predicted octanol–water partition coefficient (Wildman–Crippen LogP) is 5.79. The molecule has 0 spiro atoms. The summed E-state index contributed by atoms with van der Waals surface area (Å²) in [4.78, 5) is 4.37. The van der Waals surface area contributed by atoms with E-state index in [-0.39, 0.29) is 0 Å². The molecule has 0 bridgehead atoms. The molecule has 0 N–H and O–H groups in total. The van der Waals surface area contributed by atoms with Gasteiger partial charge in [0, 0.05) is 29.2 Å². The van der Waals surface area contributed by atoms with E-state index in [9.17, 15) is 0 Å². The summed E-state index contributed by atoms with van der Waals surface area (Å²) < 4.78 is 1.85. The zero-order valence-electron chi connectivity index (χ0n) is 14.5. The van der Waals surface area contributed by atoms with Crippen LogP contribution in [0.25, 0.3) is 16.6 Å². The summed E-state index contributed by atoms with van der Waals surface area (Å²) in [7, 11) is 0. The fraction of sp³-hybridized carbons (Fsp3) is 0.333. The van der Waals surface area contributed by atoms with E-state index in [0.29, 0.717) is 5.02 Å². The normalized spacial score (nSPS) is 10.6. The van der Waals surface area contributed by atoms with Crippen molar-refractivity contribution < 1.29 is 0 Å². The molecule has 0 atom stereocenters. The summed E-state index contributed by atoms with van der Waals surface area (Å²) in [5, 5.41) is 6.15. The molecule has 4 heteroatoms. The van der Waals surface area contributed by atoms with E-state index in [1.54, 1.807) is 6.20 Å². The first-order valence-electron chi connectivity index (χ1n) is 8.86. The van der Waals surface area contributed by atoms with Crippen molar-refractivity contribution in [1.82, 2.24) is 14.8 Å². The Balaban J connectivity index is 1.70. The van der Waals surface area contributed by atoms with Gasteiger partial charge in [-0.3, -0.25) is 4.98 Å².